The van der Waals surface area contributed by atoms with Crippen molar-refractivity contribution in [1.29, 1.82) is 0 Å². The number of hydrogen-bond donors (Lipinski definition) is 6. The number of carboxylic acid groups (broad SMARTS) is 1. The van der Waals surface area contributed by atoms with E-state index in [0.717, 1.165) is 10.8 Å². The van der Waals surface area contributed by atoms with Crippen LogP contribution in [0.5, 0.6) is 0 Å². The molecule has 2 aromatic heterocycles. The molecule has 4 atom stereocenters. The van der Waals surface area contributed by atoms with Gasteiger partial charge in [-0.1, -0.05) is 0 Å². The number of aromatic nitrogens is 3. The number of anilines is 1. The molecule has 11 nitrogen and oxygen atoms in total. The van der Waals surface area contributed by atoms with E-state index in [2.05, 4.69) is 9.97 Å². The highest BCUT2D eigenvalue weighted by Crippen LogP contribution is 2.32. The summed E-state index contributed by atoms with van der Waals surface area (Å²) in [7, 11) is 0. The molecule has 0 spiro atoms. The van der Waals surface area contributed by atoms with Crippen LogP contribution in [0.15, 0.2) is 11.0 Å². The highest BCUT2D eigenvalue weighted by molar-refractivity contribution is 6.02. The molecule has 1 saturated heterocycles. The molecule has 3 rings (SSSR count). The SMILES string of the molecule is Nc1nc2c(c(C(=O)O)cn2[C@@H]2O[C@H](CO)[C@@H](O)[C@@H]2O)c(=O)[nH]1. The Morgan fingerprint density at radius 3 is 2.70 bits per heavy atom. The quantitative estimate of drug-likeness (QED) is 0.358. The number of carbonyl (C=O) groups is 1. The lowest BCUT2D eigenvalue weighted by Crippen LogP contribution is -2.33. The van der Waals surface area contributed by atoms with Crippen molar-refractivity contribution in [2.24, 2.45) is 0 Å². The Morgan fingerprint density at radius 1 is 1.43 bits per heavy atom. The van der Waals surface area contributed by atoms with E-state index in [9.17, 15) is 24.9 Å². The predicted molar refractivity (Wildman–Crippen MR) is 74.7 cm³/mol. The second-order valence-electron chi connectivity index (χ2n) is 5.13. The summed E-state index contributed by atoms with van der Waals surface area (Å²) >= 11 is 0. The molecule has 1 aliphatic rings. The van der Waals surface area contributed by atoms with E-state index in [1.54, 1.807) is 0 Å². The Labute approximate surface area is 127 Å². The summed E-state index contributed by atoms with van der Waals surface area (Å²) in [5, 5.41) is 38.0. The smallest absolute Gasteiger partial charge is 0.338 e. The summed E-state index contributed by atoms with van der Waals surface area (Å²) in [6, 6.07) is 0. The largest absolute Gasteiger partial charge is 0.478 e. The first-order valence-electron chi connectivity index (χ1n) is 6.61. The summed E-state index contributed by atoms with van der Waals surface area (Å²) in [5.74, 6) is -1.62. The van der Waals surface area contributed by atoms with Crippen molar-refractivity contribution in [3.05, 3.63) is 22.1 Å². The van der Waals surface area contributed by atoms with Crippen molar-refractivity contribution in [3.63, 3.8) is 0 Å². The van der Waals surface area contributed by atoms with Gasteiger partial charge in [-0.15, -0.1) is 0 Å². The number of carboxylic acids is 1. The third-order valence-electron chi connectivity index (χ3n) is 3.72. The Hall–Kier alpha value is -2.47. The van der Waals surface area contributed by atoms with Gasteiger partial charge in [0.15, 0.2) is 11.9 Å². The van der Waals surface area contributed by atoms with Crippen LogP contribution in [0.1, 0.15) is 16.6 Å². The molecule has 23 heavy (non-hydrogen) atoms. The van der Waals surface area contributed by atoms with Crippen molar-refractivity contribution in [3.8, 4) is 0 Å². The Bertz CT molecular complexity index is 829. The van der Waals surface area contributed by atoms with Gasteiger partial charge < -0.3 is 35.5 Å². The second kappa shape index (κ2) is 5.31. The van der Waals surface area contributed by atoms with Gasteiger partial charge in [-0.05, 0) is 0 Å². The van der Waals surface area contributed by atoms with E-state index < -0.39 is 42.7 Å². The van der Waals surface area contributed by atoms with Crippen molar-refractivity contribution < 1.29 is 30.0 Å². The zero-order valence-corrected chi connectivity index (χ0v) is 11.6. The fourth-order valence-corrected chi connectivity index (χ4v) is 2.64. The minimum atomic E-state index is -1.45. The lowest BCUT2D eigenvalue weighted by atomic mass is 10.1. The third-order valence-corrected chi connectivity index (χ3v) is 3.72. The molecule has 0 aromatic carbocycles. The number of rotatable bonds is 3. The first kappa shape index (κ1) is 15.4. The maximum Gasteiger partial charge on any atom is 0.338 e. The number of hydrogen-bond acceptors (Lipinski definition) is 8. The van der Waals surface area contributed by atoms with E-state index in [4.69, 9.17) is 15.6 Å². The second-order valence-corrected chi connectivity index (χ2v) is 5.13. The molecule has 2 aromatic rings. The lowest BCUT2D eigenvalue weighted by Gasteiger charge is -2.17. The predicted octanol–water partition coefficient (Wildman–Crippen LogP) is -2.38. The number of nitrogens with two attached hydrogens (primary N) is 1. The van der Waals surface area contributed by atoms with E-state index in [1.165, 1.54) is 0 Å². The normalized spacial score (nSPS) is 27.6. The molecule has 11 heteroatoms. The molecule has 7 N–H and O–H groups in total. The topological polar surface area (TPSA) is 184 Å². The number of nitrogens with one attached hydrogen (secondary N) is 1. The summed E-state index contributed by atoms with van der Waals surface area (Å²) in [4.78, 5) is 29.4. The minimum Gasteiger partial charge on any atom is -0.478 e. The Balaban J connectivity index is 2.23. The van der Waals surface area contributed by atoms with Crippen molar-refractivity contribution in [2.75, 3.05) is 12.3 Å². The monoisotopic (exact) mass is 326 g/mol. The average molecular weight is 326 g/mol. The van der Waals surface area contributed by atoms with Crippen LogP contribution in [-0.2, 0) is 4.74 Å². The van der Waals surface area contributed by atoms with Gasteiger partial charge >= 0.3 is 5.97 Å². The number of aliphatic hydroxyl groups is 3. The van der Waals surface area contributed by atoms with Gasteiger partial charge in [0, 0.05) is 6.20 Å². The van der Waals surface area contributed by atoms with Gasteiger partial charge in [-0.25, -0.2) is 4.79 Å². The van der Waals surface area contributed by atoms with E-state index >= 15 is 0 Å². The van der Waals surface area contributed by atoms with Gasteiger partial charge in [0.2, 0.25) is 5.95 Å². The summed E-state index contributed by atoms with van der Waals surface area (Å²) in [5.41, 5.74) is 4.25. The minimum absolute atomic E-state index is 0.113. The number of ether oxygens (including phenoxy) is 1. The molecular weight excluding hydrogens is 312 g/mol. The van der Waals surface area contributed by atoms with Crippen molar-refractivity contribution in [1.82, 2.24) is 14.5 Å². The van der Waals surface area contributed by atoms with Crippen molar-refractivity contribution in [2.45, 2.75) is 24.5 Å². The Kier molecular flexibility index (Phi) is 3.56. The molecule has 0 unspecified atom stereocenters. The zero-order chi connectivity index (χ0) is 16.9. The fraction of sp³-hybridized carbons (Fsp3) is 0.417. The number of aliphatic hydroxyl groups excluding tert-OH is 3. The number of aromatic carboxylic acids is 1. The van der Waals surface area contributed by atoms with Crippen LogP contribution in [0.2, 0.25) is 0 Å². The Morgan fingerprint density at radius 2 is 2.13 bits per heavy atom. The molecule has 0 bridgehead atoms. The van der Waals surface area contributed by atoms with Gasteiger partial charge in [-0.2, -0.15) is 4.98 Å². The molecule has 1 aliphatic heterocycles. The molecule has 3 heterocycles. The molecule has 0 amide bonds. The highest BCUT2D eigenvalue weighted by atomic mass is 16.6. The molecule has 0 radical (unpaired) electrons. The van der Waals surface area contributed by atoms with Crippen LogP contribution in [-0.4, -0.2) is 65.8 Å². The average Bonchev–Trinajstić information content (AvgIpc) is 2.99. The van der Waals surface area contributed by atoms with E-state index in [0.29, 0.717) is 0 Å². The van der Waals surface area contributed by atoms with Crippen LogP contribution in [0.25, 0.3) is 11.0 Å². The maximum atomic E-state index is 12.0. The summed E-state index contributed by atoms with van der Waals surface area (Å²) < 4.78 is 6.43. The summed E-state index contributed by atoms with van der Waals surface area (Å²) in [6.07, 6.45) is -4.05. The first-order chi connectivity index (χ1) is 10.8. The highest BCUT2D eigenvalue weighted by Gasteiger charge is 2.44. The van der Waals surface area contributed by atoms with Crippen molar-refractivity contribution >= 4 is 23.0 Å². The lowest BCUT2D eigenvalue weighted by molar-refractivity contribution is -0.0509. The third kappa shape index (κ3) is 2.26. The standard InChI is InChI=1S/C12H14N4O7/c13-12-14-8-5(9(20)15-12)3(11(21)22)1-16(8)10-7(19)6(18)4(2-17)23-10/h1,4,6-7,10,17-19H,2H2,(H,21,22)(H3,13,14,15,20)/t4-,6-,7+,10-/m1/s1. The molecular formula is C12H14N4O7. The van der Waals surface area contributed by atoms with Crippen LogP contribution < -0.4 is 11.3 Å². The van der Waals surface area contributed by atoms with Crippen LogP contribution in [0.4, 0.5) is 5.95 Å². The number of aromatic amines is 1. The van der Waals surface area contributed by atoms with Crippen LogP contribution in [0, 0.1) is 0 Å². The van der Waals surface area contributed by atoms with Crippen LogP contribution in [0.3, 0.4) is 0 Å². The fourth-order valence-electron chi connectivity index (χ4n) is 2.64. The molecule has 1 fully saturated rings. The number of nitrogen functional groups attached to an aromatic ring is 1. The zero-order valence-electron chi connectivity index (χ0n) is 11.6. The summed E-state index contributed by atoms with van der Waals surface area (Å²) in [6.45, 7) is -0.546. The first-order valence-corrected chi connectivity index (χ1v) is 6.61. The molecule has 0 saturated carbocycles. The number of H-pyrrole nitrogens is 1. The molecule has 0 aliphatic carbocycles. The van der Waals surface area contributed by atoms with Crippen LogP contribution >= 0.6 is 0 Å². The van der Waals surface area contributed by atoms with Gasteiger partial charge in [0.05, 0.1) is 17.6 Å². The van der Waals surface area contributed by atoms with Gasteiger partial charge in [-0.3, -0.25) is 9.78 Å². The van der Waals surface area contributed by atoms with E-state index in [-0.39, 0.29) is 22.5 Å². The maximum absolute atomic E-state index is 12.0. The molecule has 124 valence electrons. The van der Waals surface area contributed by atoms with E-state index in [1.807, 2.05) is 0 Å². The number of fused-ring (bicyclic) bond motifs is 1. The number of nitrogens with zero attached hydrogens (tertiary/aromatic N) is 2. The van der Waals surface area contributed by atoms with Gasteiger partial charge in [0.1, 0.15) is 18.3 Å². The van der Waals surface area contributed by atoms with Gasteiger partial charge in [0.25, 0.3) is 5.56 Å².